The van der Waals surface area contributed by atoms with Gasteiger partial charge in [-0.05, 0) is 59.9 Å². The normalized spacial score (nSPS) is 15.4. The molecule has 0 spiro atoms. The first-order valence-electron chi connectivity index (χ1n) is 8.35. The predicted molar refractivity (Wildman–Crippen MR) is 104 cm³/mol. The molecule has 0 bridgehead atoms. The molecule has 0 saturated carbocycles. The van der Waals surface area contributed by atoms with E-state index in [1.165, 1.54) is 35.6 Å². The third-order valence-electron chi connectivity index (χ3n) is 3.85. The lowest BCUT2D eigenvalue weighted by Crippen LogP contribution is -2.20. The van der Waals surface area contributed by atoms with Gasteiger partial charge in [0.25, 0.3) is 5.91 Å². The maximum Gasteiger partial charge on any atom is 0.416 e. The third kappa shape index (κ3) is 5.84. The van der Waals surface area contributed by atoms with Crippen molar-refractivity contribution < 1.29 is 22.7 Å². The van der Waals surface area contributed by atoms with Crippen molar-refractivity contribution in [3.8, 4) is 5.75 Å². The van der Waals surface area contributed by atoms with E-state index in [0.29, 0.717) is 16.0 Å². The summed E-state index contributed by atoms with van der Waals surface area (Å²) in [7, 11) is 0. The number of rotatable bonds is 5. The summed E-state index contributed by atoms with van der Waals surface area (Å²) in [5, 5.41) is 2.52. The molecule has 1 amide bonds. The number of nitrogens with one attached hydrogen (secondary N) is 1. The molecular weight excluding hydrogens is 395 g/mol. The minimum Gasteiger partial charge on any atom is -0.484 e. The highest BCUT2D eigenvalue weighted by Gasteiger charge is 2.30. The van der Waals surface area contributed by atoms with Gasteiger partial charge in [-0.25, -0.2) is 0 Å². The van der Waals surface area contributed by atoms with Gasteiger partial charge in [0.05, 0.1) is 10.1 Å². The number of anilines is 1. The summed E-state index contributed by atoms with van der Waals surface area (Å²) < 4.78 is 43.5. The Bertz CT molecular complexity index is 758. The molecule has 1 saturated heterocycles. The van der Waals surface area contributed by atoms with Crippen LogP contribution in [0.15, 0.2) is 48.5 Å². The average molecular weight is 413 g/mol. The van der Waals surface area contributed by atoms with Crippen LogP contribution in [-0.4, -0.2) is 24.0 Å². The summed E-state index contributed by atoms with van der Waals surface area (Å²) >= 11 is 3.86. The van der Waals surface area contributed by atoms with Crippen LogP contribution >= 0.6 is 23.5 Å². The smallest absolute Gasteiger partial charge is 0.416 e. The number of halogens is 3. The molecule has 1 aliphatic heterocycles. The molecule has 27 heavy (non-hydrogen) atoms. The lowest BCUT2D eigenvalue weighted by Gasteiger charge is -2.21. The number of thioether (sulfide) groups is 2. The van der Waals surface area contributed by atoms with Gasteiger partial charge in [-0.3, -0.25) is 4.79 Å². The van der Waals surface area contributed by atoms with Crippen molar-refractivity contribution >= 4 is 35.1 Å². The number of hydrogen-bond acceptors (Lipinski definition) is 4. The van der Waals surface area contributed by atoms with E-state index in [2.05, 4.69) is 5.32 Å². The van der Waals surface area contributed by atoms with E-state index >= 15 is 0 Å². The topological polar surface area (TPSA) is 38.3 Å². The predicted octanol–water partition coefficient (Wildman–Crippen LogP) is 5.59. The zero-order chi connectivity index (χ0) is 19.3. The molecule has 0 radical (unpaired) electrons. The lowest BCUT2D eigenvalue weighted by atomic mass is 10.2. The summed E-state index contributed by atoms with van der Waals surface area (Å²) in [6.07, 6.45) is -3.16. The zero-order valence-corrected chi connectivity index (χ0v) is 15.9. The van der Waals surface area contributed by atoms with Crippen LogP contribution in [0.25, 0.3) is 0 Å². The number of carbonyl (C=O) groups excluding carboxylic acids is 1. The van der Waals surface area contributed by atoms with Crippen LogP contribution in [0.5, 0.6) is 5.75 Å². The Kier molecular flexibility index (Phi) is 6.59. The number of ether oxygens (including phenoxy) is 1. The van der Waals surface area contributed by atoms with E-state index in [1.54, 1.807) is 0 Å². The largest absolute Gasteiger partial charge is 0.484 e. The van der Waals surface area contributed by atoms with Crippen molar-refractivity contribution in [1.29, 1.82) is 0 Å². The SMILES string of the molecule is O=C(COc1ccc(C2SCCCS2)cc1)Nc1ccc(C(F)(F)F)cc1. The summed E-state index contributed by atoms with van der Waals surface area (Å²) in [6.45, 7) is -0.215. The van der Waals surface area contributed by atoms with Crippen molar-refractivity contribution in [1.82, 2.24) is 0 Å². The first-order chi connectivity index (χ1) is 12.9. The van der Waals surface area contributed by atoms with Gasteiger partial charge >= 0.3 is 6.18 Å². The third-order valence-corrected chi connectivity index (χ3v) is 6.86. The van der Waals surface area contributed by atoms with Gasteiger partial charge in [-0.1, -0.05) is 12.1 Å². The molecule has 8 heteroatoms. The van der Waals surface area contributed by atoms with Crippen molar-refractivity contribution in [2.45, 2.75) is 17.2 Å². The molecule has 1 fully saturated rings. The van der Waals surface area contributed by atoms with Crippen LogP contribution < -0.4 is 10.1 Å². The molecule has 1 N–H and O–H groups in total. The zero-order valence-electron chi connectivity index (χ0n) is 14.3. The van der Waals surface area contributed by atoms with Crippen molar-refractivity contribution in [2.75, 3.05) is 23.4 Å². The van der Waals surface area contributed by atoms with E-state index in [4.69, 9.17) is 4.74 Å². The monoisotopic (exact) mass is 413 g/mol. The highest BCUT2D eigenvalue weighted by molar-refractivity contribution is 8.16. The summed E-state index contributed by atoms with van der Waals surface area (Å²) in [4.78, 5) is 11.9. The van der Waals surface area contributed by atoms with Gasteiger partial charge in [0.2, 0.25) is 0 Å². The first-order valence-corrected chi connectivity index (χ1v) is 10.4. The summed E-state index contributed by atoms with van der Waals surface area (Å²) in [5.74, 6) is 2.48. The average Bonchev–Trinajstić information content (AvgIpc) is 2.67. The van der Waals surface area contributed by atoms with Gasteiger partial charge in [0.15, 0.2) is 6.61 Å². The van der Waals surface area contributed by atoms with Gasteiger partial charge < -0.3 is 10.1 Å². The Morgan fingerprint density at radius 1 is 1.04 bits per heavy atom. The Balaban J connectivity index is 1.48. The van der Waals surface area contributed by atoms with Gasteiger partial charge in [0, 0.05) is 5.69 Å². The second-order valence-electron chi connectivity index (χ2n) is 5.91. The molecule has 1 heterocycles. The Hall–Kier alpha value is -1.80. The second kappa shape index (κ2) is 8.93. The van der Waals surface area contributed by atoms with E-state index in [0.717, 1.165) is 12.1 Å². The van der Waals surface area contributed by atoms with E-state index in [-0.39, 0.29) is 6.61 Å². The second-order valence-corrected chi connectivity index (χ2v) is 8.63. The quantitative estimate of drug-likeness (QED) is 0.693. The van der Waals surface area contributed by atoms with Crippen LogP contribution in [0.4, 0.5) is 18.9 Å². The summed E-state index contributed by atoms with van der Waals surface area (Å²) in [5.41, 5.74) is 0.760. The molecular formula is C19H18F3NO2S2. The molecule has 0 aliphatic carbocycles. The Morgan fingerprint density at radius 2 is 1.67 bits per heavy atom. The van der Waals surface area contributed by atoms with Crippen LogP contribution in [0.3, 0.4) is 0 Å². The molecule has 1 aliphatic rings. The van der Waals surface area contributed by atoms with Crippen LogP contribution in [0.2, 0.25) is 0 Å². The van der Waals surface area contributed by atoms with E-state index in [9.17, 15) is 18.0 Å². The molecule has 0 unspecified atom stereocenters. The highest BCUT2D eigenvalue weighted by atomic mass is 32.2. The van der Waals surface area contributed by atoms with Crippen LogP contribution in [-0.2, 0) is 11.0 Å². The highest BCUT2D eigenvalue weighted by Crippen LogP contribution is 2.43. The molecule has 0 atom stereocenters. The minimum absolute atomic E-state index is 0.215. The van der Waals surface area contributed by atoms with E-state index in [1.807, 2.05) is 47.8 Å². The molecule has 2 aromatic rings. The summed E-state index contributed by atoms with van der Waals surface area (Å²) in [6, 6.07) is 11.9. The number of alkyl halides is 3. The van der Waals surface area contributed by atoms with Crippen LogP contribution in [0.1, 0.15) is 22.1 Å². The first kappa shape index (κ1) is 19.9. The fraction of sp³-hybridized carbons (Fsp3) is 0.316. The van der Waals surface area contributed by atoms with E-state index < -0.39 is 17.6 Å². The Morgan fingerprint density at radius 3 is 2.26 bits per heavy atom. The van der Waals surface area contributed by atoms with Crippen molar-refractivity contribution in [3.63, 3.8) is 0 Å². The molecule has 0 aromatic heterocycles. The number of carbonyl (C=O) groups is 1. The fourth-order valence-electron chi connectivity index (χ4n) is 2.49. The van der Waals surface area contributed by atoms with Gasteiger partial charge in [-0.15, -0.1) is 23.5 Å². The van der Waals surface area contributed by atoms with Crippen LogP contribution in [0, 0.1) is 0 Å². The Labute approximate surface area is 164 Å². The molecule has 3 rings (SSSR count). The van der Waals surface area contributed by atoms with Gasteiger partial charge in [0.1, 0.15) is 5.75 Å². The standard InChI is InChI=1S/C19H18F3NO2S2/c20-19(21,22)14-4-6-15(7-5-14)23-17(24)12-25-16-8-2-13(3-9-16)18-26-10-1-11-27-18/h2-9,18H,1,10-12H2,(H,23,24). The maximum atomic E-state index is 12.5. The lowest BCUT2D eigenvalue weighted by molar-refractivity contribution is -0.137. The van der Waals surface area contributed by atoms with Crippen molar-refractivity contribution in [3.05, 3.63) is 59.7 Å². The van der Waals surface area contributed by atoms with Gasteiger partial charge in [-0.2, -0.15) is 13.2 Å². The fourth-order valence-corrected chi connectivity index (χ4v) is 5.38. The molecule has 2 aromatic carbocycles. The number of amides is 1. The van der Waals surface area contributed by atoms with Crippen molar-refractivity contribution in [2.24, 2.45) is 0 Å². The number of hydrogen-bond donors (Lipinski definition) is 1. The number of benzene rings is 2. The maximum absolute atomic E-state index is 12.5. The molecule has 144 valence electrons. The minimum atomic E-state index is -4.40. The molecule has 3 nitrogen and oxygen atoms in total.